The smallest absolute Gasteiger partial charge is 0.330 e. The lowest BCUT2D eigenvalue weighted by molar-refractivity contribution is -0.334. The van der Waals surface area contributed by atoms with Crippen molar-refractivity contribution in [1.82, 2.24) is 0 Å². The van der Waals surface area contributed by atoms with Crippen molar-refractivity contribution < 1.29 is 30.7 Å². The maximum Gasteiger partial charge on any atom is 0.453 e. The van der Waals surface area contributed by atoms with E-state index in [1.54, 1.807) is 0 Å². The van der Waals surface area contributed by atoms with Crippen molar-refractivity contribution in [3.05, 3.63) is 0 Å². The highest BCUT2D eigenvalue weighted by Gasteiger charge is 2.70. The Morgan fingerprint density at radius 2 is 1.29 bits per heavy atom. The van der Waals surface area contributed by atoms with Crippen LogP contribution in [-0.2, 0) is 0 Å². The van der Waals surface area contributed by atoms with Gasteiger partial charge in [-0.05, 0) is 12.8 Å². The summed E-state index contributed by atoms with van der Waals surface area (Å²) in [5.41, 5.74) is 2.38. The minimum Gasteiger partial charge on any atom is -0.330 e. The molecule has 0 aromatic heterocycles. The molecule has 1 fully saturated rings. The Labute approximate surface area is 93.2 Å². The van der Waals surface area contributed by atoms with Gasteiger partial charge in [0, 0.05) is 19.4 Å². The number of hydrogen-bond acceptors (Lipinski definition) is 1. The highest BCUT2D eigenvalue weighted by molar-refractivity contribution is 5.01. The SMILES string of the molecule is NCC1(C(F)(F)C(F)(F)F)CCC(F)(F)CC1. The van der Waals surface area contributed by atoms with Crippen LogP contribution in [0.1, 0.15) is 25.7 Å². The molecule has 8 heteroatoms. The fraction of sp³-hybridized carbons (Fsp3) is 1.00. The molecule has 1 rings (SSSR count). The minimum absolute atomic E-state index is 0.928. The highest BCUT2D eigenvalue weighted by atomic mass is 19.4. The topological polar surface area (TPSA) is 26.0 Å². The van der Waals surface area contributed by atoms with E-state index in [4.69, 9.17) is 5.73 Å². The van der Waals surface area contributed by atoms with Gasteiger partial charge in [0.25, 0.3) is 0 Å². The molecule has 0 unspecified atom stereocenters. The molecule has 0 amide bonds. The predicted octanol–water partition coefficient (Wildman–Crippen LogP) is 3.34. The van der Waals surface area contributed by atoms with Gasteiger partial charge in [0.2, 0.25) is 5.92 Å². The standard InChI is InChI=1S/C9H12F7N/c10-7(11)3-1-6(5-17,2-4-7)8(12,13)9(14,15)16/h1-5,17H2. The zero-order valence-corrected chi connectivity index (χ0v) is 8.76. The van der Waals surface area contributed by atoms with Gasteiger partial charge in [0.15, 0.2) is 0 Å². The van der Waals surface area contributed by atoms with Crippen molar-refractivity contribution in [1.29, 1.82) is 0 Å². The number of rotatable bonds is 2. The van der Waals surface area contributed by atoms with Crippen LogP contribution in [0.3, 0.4) is 0 Å². The molecule has 0 spiro atoms. The van der Waals surface area contributed by atoms with Gasteiger partial charge in [0.05, 0.1) is 5.41 Å². The van der Waals surface area contributed by atoms with Crippen LogP contribution in [-0.4, -0.2) is 24.6 Å². The predicted molar refractivity (Wildman–Crippen MR) is 45.9 cm³/mol. The van der Waals surface area contributed by atoms with Crippen LogP contribution in [0.2, 0.25) is 0 Å². The molecule has 0 heterocycles. The zero-order valence-electron chi connectivity index (χ0n) is 8.76. The largest absolute Gasteiger partial charge is 0.453 e. The van der Waals surface area contributed by atoms with Gasteiger partial charge in [-0.1, -0.05) is 0 Å². The van der Waals surface area contributed by atoms with Crippen LogP contribution in [0.25, 0.3) is 0 Å². The summed E-state index contributed by atoms with van der Waals surface area (Å²) in [6, 6.07) is 0. The van der Waals surface area contributed by atoms with Crippen LogP contribution in [0.5, 0.6) is 0 Å². The summed E-state index contributed by atoms with van der Waals surface area (Å²) in [6.07, 6.45) is -9.60. The number of hydrogen-bond donors (Lipinski definition) is 1. The van der Waals surface area contributed by atoms with E-state index in [2.05, 4.69) is 0 Å². The monoisotopic (exact) mass is 267 g/mol. The molecule has 1 nitrogen and oxygen atoms in total. The van der Waals surface area contributed by atoms with Gasteiger partial charge in [-0.3, -0.25) is 0 Å². The summed E-state index contributed by atoms with van der Waals surface area (Å²) in [6.45, 7) is -0.963. The molecule has 0 aromatic rings. The lowest BCUT2D eigenvalue weighted by Crippen LogP contribution is -2.57. The van der Waals surface area contributed by atoms with Crippen LogP contribution in [0, 0.1) is 5.41 Å². The van der Waals surface area contributed by atoms with Crippen LogP contribution >= 0.6 is 0 Å². The second-order valence-electron chi connectivity index (χ2n) is 4.41. The third-order valence-electron chi connectivity index (χ3n) is 3.35. The Bertz CT molecular complexity index is 274. The first-order chi connectivity index (χ1) is 7.47. The van der Waals surface area contributed by atoms with E-state index in [9.17, 15) is 30.7 Å². The third-order valence-corrected chi connectivity index (χ3v) is 3.35. The summed E-state index contributed by atoms with van der Waals surface area (Å²) >= 11 is 0. The molecule has 102 valence electrons. The molecule has 17 heavy (non-hydrogen) atoms. The van der Waals surface area contributed by atoms with Gasteiger partial charge in [-0.2, -0.15) is 22.0 Å². The molecule has 0 aliphatic heterocycles. The average molecular weight is 267 g/mol. The van der Waals surface area contributed by atoms with Crippen LogP contribution < -0.4 is 5.73 Å². The Balaban J connectivity index is 2.99. The van der Waals surface area contributed by atoms with Gasteiger partial charge >= 0.3 is 12.1 Å². The van der Waals surface area contributed by atoms with Gasteiger partial charge < -0.3 is 5.73 Å². The fourth-order valence-electron chi connectivity index (χ4n) is 2.04. The van der Waals surface area contributed by atoms with Crippen molar-refractivity contribution in [2.75, 3.05) is 6.54 Å². The van der Waals surface area contributed by atoms with Crippen molar-refractivity contribution in [3.63, 3.8) is 0 Å². The van der Waals surface area contributed by atoms with E-state index in [0.29, 0.717) is 0 Å². The van der Waals surface area contributed by atoms with Crippen LogP contribution in [0.15, 0.2) is 0 Å². The summed E-state index contributed by atoms with van der Waals surface area (Å²) in [5.74, 6) is -8.22. The molecule has 1 aliphatic carbocycles. The molecule has 0 atom stereocenters. The van der Waals surface area contributed by atoms with E-state index in [1.807, 2.05) is 0 Å². The third kappa shape index (κ3) is 2.36. The summed E-state index contributed by atoms with van der Waals surface area (Å²) < 4.78 is 88.9. The second kappa shape index (κ2) is 4.00. The lowest BCUT2D eigenvalue weighted by atomic mass is 9.68. The summed E-state index contributed by atoms with van der Waals surface area (Å²) in [4.78, 5) is 0. The number of alkyl halides is 7. The molecule has 0 saturated heterocycles. The quantitative estimate of drug-likeness (QED) is 0.763. The maximum absolute atomic E-state index is 13.3. The zero-order chi connectivity index (χ0) is 13.5. The van der Waals surface area contributed by atoms with E-state index in [1.165, 1.54) is 0 Å². The summed E-state index contributed by atoms with van der Waals surface area (Å²) in [5, 5.41) is 0. The molecular weight excluding hydrogens is 255 g/mol. The lowest BCUT2D eigenvalue weighted by Gasteiger charge is -2.44. The van der Waals surface area contributed by atoms with Crippen molar-refractivity contribution in [2.45, 2.75) is 43.7 Å². The van der Waals surface area contributed by atoms with Crippen LogP contribution in [0.4, 0.5) is 30.7 Å². The first kappa shape index (κ1) is 14.5. The minimum atomic E-state index is -5.76. The highest BCUT2D eigenvalue weighted by Crippen LogP contribution is 2.56. The van der Waals surface area contributed by atoms with Gasteiger partial charge in [-0.15, -0.1) is 0 Å². The Hall–Kier alpha value is -0.530. The van der Waals surface area contributed by atoms with E-state index in [-0.39, 0.29) is 0 Å². The molecular formula is C9H12F7N. The normalized spacial score (nSPS) is 24.7. The average Bonchev–Trinajstić information content (AvgIpc) is 2.16. The molecule has 2 N–H and O–H groups in total. The molecule has 0 aromatic carbocycles. The first-order valence-corrected chi connectivity index (χ1v) is 5.00. The number of nitrogens with two attached hydrogens (primary N) is 1. The van der Waals surface area contributed by atoms with E-state index < -0.39 is 55.7 Å². The van der Waals surface area contributed by atoms with E-state index >= 15 is 0 Å². The van der Waals surface area contributed by atoms with E-state index in [0.717, 1.165) is 0 Å². The van der Waals surface area contributed by atoms with Crippen molar-refractivity contribution in [2.24, 2.45) is 11.1 Å². The van der Waals surface area contributed by atoms with Crippen molar-refractivity contribution >= 4 is 0 Å². The summed E-state index contributed by atoms with van der Waals surface area (Å²) in [7, 11) is 0. The maximum atomic E-state index is 13.3. The molecule has 1 aliphatic rings. The fourth-order valence-corrected chi connectivity index (χ4v) is 2.04. The molecule has 0 bridgehead atoms. The molecule has 0 radical (unpaired) electrons. The van der Waals surface area contributed by atoms with Gasteiger partial charge in [0.1, 0.15) is 0 Å². The Morgan fingerprint density at radius 3 is 1.59 bits per heavy atom. The number of halogens is 7. The first-order valence-electron chi connectivity index (χ1n) is 5.00. The Morgan fingerprint density at radius 1 is 0.882 bits per heavy atom. The van der Waals surface area contributed by atoms with Gasteiger partial charge in [-0.25, -0.2) is 8.78 Å². The second-order valence-corrected chi connectivity index (χ2v) is 4.41. The Kier molecular flexibility index (Phi) is 3.42. The molecule has 1 saturated carbocycles. The van der Waals surface area contributed by atoms with Crippen molar-refractivity contribution in [3.8, 4) is 0 Å².